The molecule has 18 heteroatoms. The number of aryl methyl sites for hydroxylation is 1. The monoisotopic (exact) mass is 629 g/mol. The van der Waals surface area contributed by atoms with Crippen LogP contribution in [0.4, 0.5) is 34.6 Å². The molecular weight excluding hydrogens is 609 g/mol. The highest BCUT2D eigenvalue weighted by Gasteiger charge is 2.38. The average Bonchev–Trinajstić information content (AvgIpc) is 2.83. The van der Waals surface area contributed by atoms with E-state index in [1.54, 1.807) is 13.2 Å². The summed E-state index contributed by atoms with van der Waals surface area (Å²) in [6.07, 6.45) is -3.71. The number of carboxylic acids is 1. The molecule has 1 saturated heterocycles. The van der Waals surface area contributed by atoms with Crippen molar-refractivity contribution in [3.05, 3.63) is 56.8 Å². The smallest absolute Gasteiger partial charge is 0.475 e. The summed E-state index contributed by atoms with van der Waals surface area (Å²) in [5.74, 6) is -3.38. The normalized spacial score (nSPS) is 14.3. The van der Waals surface area contributed by atoms with Crippen LogP contribution in [0.25, 0.3) is 10.9 Å². The van der Waals surface area contributed by atoms with E-state index >= 15 is 0 Å². The van der Waals surface area contributed by atoms with Gasteiger partial charge in [-0.25, -0.2) is 14.2 Å². The molecule has 1 fully saturated rings. The molecule has 0 spiro atoms. The number of methoxy groups -OCH3 is 1. The predicted molar refractivity (Wildman–Crippen MR) is 140 cm³/mol. The summed E-state index contributed by atoms with van der Waals surface area (Å²) < 4.78 is 81.6. The SMILES string of the molecule is COCC1CN(S(=O)(=O)Nc2ccc(F)c(Nc3ccc4ncn(C)c(=O)c4c3Cl)c2Cl)C1.O=C(O)C(F)(F)F. The van der Waals surface area contributed by atoms with Gasteiger partial charge in [0.1, 0.15) is 5.82 Å². The van der Waals surface area contributed by atoms with Gasteiger partial charge in [0.05, 0.1) is 50.9 Å². The van der Waals surface area contributed by atoms with Gasteiger partial charge in [-0.1, -0.05) is 23.2 Å². The van der Waals surface area contributed by atoms with Gasteiger partial charge < -0.3 is 19.7 Å². The fourth-order valence-corrected chi connectivity index (χ4v) is 5.48. The summed E-state index contributed by atoms with van der Waals surface area (Å²) in [5, 5.41) is 9.90. The Kier molecular flexibility index (Phi) is 9.51. The fourth-order valence-electron chi connectivity index (χ4n) is 3.49. The number of nitrogens with one attached hydrogen (secondary N) is 2. The highest BCUT2D eigenvalue weighted by Crippen LogP contribution is 2.38. The molecule has 0 saturated carbocycles. The number of alkyl halides is 3. The van der Waals surface area contributed by atoms with Crippen LogP contribution in [0.2, 0.25) is 10.0 Å². The largest absolute Gasteiger partial charge is 0.490 e. The molecule has 0 bridgehead atoms. The number of carboxylic acid groups (broad SMARTS) is 1. The van der Waals surface area contributed by atoms with E-state index in [9.17, 15) is 30.8 Å². The van der Waals surface area contributed by atoms with Crippen LogP contribution in [0.1, 0.15) is 0 Å². The predicted octanol–water partition coefficient (Wildman–Crippen LogP) is 3.99. The molecule has 11 nitrogen and oxygen atoms in total. The number of anilines is 3. The zero-order valence-corrected chi connectivity index (χ0v) is 22.9. The number of rotatable bonds is 7. The Bertz CT molecular complexity index is 1600. The summed E-state index contributed by atoms with van der Waals surface area (Å²) in [7, 11) is -0.797. The van der Waals surface area contributed by atoms with Gasteiger partial charge in [-0.15, -0.1) is 0 Å². The molecule has 40 heavy (non-hydrogen) atoms. The molecule has 0 atom stereocenters. The van der Waals surface area contributed by atoms with Gasteiger partial charge in [0.2, 0.25) is 0 Å². The second-order valence-corrected chi connectivity index (χ2v) is 10.9. The molecule has 3 N–H and O–H groups in total. The topological polar surface area (TPSA) is 143 Å². The zero-order chi connectivity index (χ0) is 30.0. The Morgan fingerprint density at radius 3 is 2.35 bits per heavy atom. The number of aliphatic carboxylic acids is 1. The van der Waals surface area contributed by atoms with Crippen molar-refractivity contribution in [1.82, 2.24) is 13.9 Å². The lowest BCUT2D eigenvalue weighted by molar-refractivity contribution is -0.192. The van der Waals surface area contributed by atoms with Crippen molar-refractivity contribution in [2.45, 2.75) is 6.18 Å². The molecule has 1 aliphatic heterocycles. The van der Waals surface area contributed by atoms with Gasteiger partial charge in [0.25, 0.3) is 5.56 Å². The zero-order valence-electron chi connectivity index (χ0n) is 20.6. The highest BCUT2D eigenvalue weighted by atomic mass is 35.5. The first kappa shape index (κ1) is 31.3. The van der Waals surface area contributed by atoms with Gasteiger partial charge in [0, 0.05) is 33.2 Å². The minimum Gasteiger partial charge on any atom is -0.475 e. The number of carbonyl (C=O) groups is 1. The Hall–Kier alpha value is -3.18. The second-order valence-electron chi connectivity index (χ2n) is 8.44. The summed E-state index contributed by atoms with van der Waals surface area (Å²) in [4.78, 5) is 25.5. The van der Waals surface area contributed by atoms with Crippen LogP contribution in [0, 0.1) is 11.7 Å². The molecule has 2 heterocycles. The maximum absolute atomic E-state index is 14.6. The van der Waals surface area contributed by atoms with Crippen molar-refractivity contribution < 1.29 is 40.6 Å². The average molecular weight is 630 g/mol. The minimum atomic E-state index is -5.08. The molecule has 2 aromatic carbocycles. The van der Waals surface area contributed by atoms with Crippen LogP contribution < -0.4 is 15.6 Å². The van der Waals surface area contributed by atoms with Crippen LogP contribution in [0.5, 0.6) is 0 Å². The number of benzene rings is 2. The lowest BCUT2D eigenvalue weighted by atomic mass is 10.1. The van der Waals surface area contributed by atoms with Crippen molar-refractivity contribution in [2.24, 2.45) is 13.0 Å². The third-order valence-corrected chi connectivity index (χ3v) is 7.76. The lowest BCUT2D eigenvalue weighted by Gasteiger charge is -2.37. The summed E-state index contributed by atoms with van der Waals surface area (Å²) >= 11 is 12.8. The molecule has 218 valence electrons. The number of ether oxygens (including phenoxy) is 1. The van der Waals surface area contributed by atoms with Gasteiger partial charge in [-0.3, -0.25) is 9.52 Å². The van der Waals surface area contributed by atoms with E-state index in [1.165, 1.54) is 34.4 Å². The van der Waals surface area contributed by atoms with Crippen molar-refractivity contribution in [1.29, 1.82) is 0 Å². The molecule has 0 unspecified atom stereocenters. The third-order valence-electron chi connectivity index (χ3n) is 5.52. The van der Waals surface area contributed by atoms with E-state index in [1.807, 2.05) is 0 Å². The number of fused-ring (bicyclic) bond motifs is 1. The van der Waals surface area contributed by atoms with E-state index in [0.29, 0.717) is 25.2 Å². The molecule has 0 radical (unpaired) electrons. The van der Waals surface area contributed by atoms with Gasteiger partial charge in [-0.2, -0.15) is 25.9 Å². The molecule has 1 aromatic heterocycles. The van der Waals surface area contributed by atoms with Crippen molar-refractivity contribution >= 4 is 67.3 Å². The number of halogens is 6. The van der Waals surface area contributed by atoms with Crippen molar-refractivity contribution in [3.63, 3.8) is 0 Å². The first-order valence-corrected chi connectivity index (χ1v) is 13.2. The number of hydrogen-bond donors (Lipinski definition) is 3. The summed E-state index contributed by atoms with van der Waals surface area (Å²) in [5.41, 5.74) is 0.0104. The number of aromatic nitrogens is 2. The maximum Gasteiger partial charge on any atom is 0.490 e. The van der Waals surface area contributed by atoms with Crippen LogP contribution in [-0.2, 0) is 26.8 Å². The summed E-state index contributed by atoms with van der Waals surface area (Å²) in [6.45, 7) is 1.08. The van der Waals surface area contributed by atoms with Gasteiger partial charge in [-0.05, 0) is 24.3 Å². The number of nitrogens with zero attached hydrogens (tertiary/aromatic N) is 3. The Morgan fingerprint density at radius 2 is 1.77 bits per heavy atom. The Morgan fingerprint density at radius 1 is 1.18 bits per heavy atom. The van der Waals surface area contributed by atoms with Crippen molar-refractivity contribution in [2.75, 3.05) is 36.8 Å². The maximum atomic E-state index is 14.6. The fraction of sp³-hybridized carbons (Fsp3) is 0.318. The van der Waals surface area contributed by atoms with E-state index in [0.717, 1.165) is 6.07 Å². The molecule has 0 amide bonds. The van der Waals surface area contributed by atoms with E-state index in [4.69, 9.17) is 37.8 Å². The molecule has 3 aromatic rings. The van der Waals surface area contributed by atoms with Crippen LogP contribution in [0.3, 0.4) is 0 Å². The standard InChI is InChI=1S/C20H20Cl2FN5O4S.C2HF3O2/c1-27-10-24-13-5-6-14(17(21)16(13)20(27)29)25-19-12(23)3-4-15(18(19)22)26-33(30,31)28-7-11(8-28)9-32-2;3-2(4,5)1(6)7/h3-6,10-11,25-26H,7-9H2,1-2H3;(H,6,7). The van der Waals surface area contributed by atoms with Gasteiger partial charge >= 0.3 is 22.4 Å². The Balaban J connectivity index is 0.000000559. The third kappa shape index (κ3) is 6.93. The first-order valence-electron chi connectivity index (χ1n) is 11.0. The summed E-state index contributed by atoms with van der Waals surface area (Å²) in [6, 6.07) is 5.39. The number of hydrogen-bond acceptors (Lipinski definition) is 7. The lowest BCUT2D eigenvalue weighted by Crippen LogP contribution is -2.53. The molecule has 1 aliphatic rings. The van der Waals surface area contributed by atoms with E-state index in [-0.39, 0.29) is 44.0 Å². The molecule has 4 rings (SSSR count). The Labute approximate surface area is 234 Å². The molecular formula is C22H21Cl2F4N5O6S. The van der Waals surface area contributed by atoms with Crippen LogP contribution in [-0.4, -0.2) is 66.3 Å². The minimum absolute atomic E-state index is 0.00903. The highest BCUT2D eigenvalue weighted by molar-refractivity contribution is 7.90. The van der Waals surface area contributed by atoms with Crippen LogP contribution in [0.15, 0.2) is 35.4 Å². The molecule has 0 aliphatic carbocycles. The van der Waals surface area contributed by atoms with Gasteiger partial charge in [0.15, 0.2) is 0 Å². The van der Waals surface area contributed by atoms with E-state index in [2.05, 4.69) is 15.0 Å². The van der Waals surface area contributed by atoms with E-state index < -0.39 is 28.2 Å². The van der Waals surface area contributed by atoms with Crippen molar-refractivity contribution in [3.8, 4) is 0 Å². The second kappa shape index (κ2) is 12.1. The first-order chi connectivity index (χ1) is 18.6. The quantitative estimate of drug-likeness (QED) is 0.333. The van der Waals surface area contributed by atoms with Crippen LogP contribution >= 0.6 is 23.2 Å².